The standard InChI is InChI=1S/C13H19NO/c1-13(2,3)14-7-10-5-4-6-11-8-15-9-12(10)11/h4-6,14H,7-9H2,1-3H3. The van der Waals surface area contributed by atoms with Crippen molar-refractivity contribution in [1.82, 2.24) is 5.32 Å². The van der Waals surface area contributed by atoms with Gasteiger partial charge in [-0.25, -0.2) is 0 Å². The first kappa shape index (κ1) is 10.7. The van der Waals surface area contributed by atoms with Crippen molar-refractivity contribution >= 4 is 0 Å². The monoisotopic (exact) mass is 205 g/mol. The van der Waals surface area contributed by atoms with Crippen LogP contribution in [0, 0.1) is 0 Å². The van der Waals surface area contributed by atoms with Crippen molar-refractivity contribution in [2.75, 3.05) is 0 Å². The zero-order valence-electron chi connectivity index (χ0n) is 9.76. The van der Waals surface area contributed by atoms with Crippen molar-refractivity contribution < 1.29 is 4.74 Å². The Kier molecular flexibility index (Phi) is 2.81. The Labute approximate surface area is 91.6 Å². The van der Waals surface area contributed by atoms with Gasteiger partial charge in [0.15, 0.2) is 0 Å². The highest BCUT2D eigenvalue weighted by Crippen LogP contribution is 2.23. The first-order chi connectivity index (χ1) is 7.06. The number of hydrogen-bond donors (Lipinski definition) is 1. The molecule has 0 bridgehead atoms. The van der Waals surface area contributed by atoms with Crippen molar-refractivity contribution in [3.63, 3.8) is 0 Å². The van der Waals surface area contributed by atoms with Crippen LogP contribution in [0.1, 0.15) is 37.5 Å². The molecule has 0 saturated heterocycles. The number of rotatable bonds is 2. The summed E-state index contributed by atoms with van der Waals surface area (Å²) >= 11 is 0. The molecule has 82 valence electrons. The highest BCUT2D eigenvalue weighted by molar-refractivity contribution is 5.36. The molecule has 0 saturated carbocycles. The average Bonchev–Trinajstić information content (AvgIpc) is 2.61. The van der Waals surface area contributed by atoms with E-state index in [4.69, 9.17) is 4.74 Å². The lowest BCUT2D eigenvalue weighted by molar-refractivity contribution is 0.134. The molecule has 15 heavy (non-hydrogen) atoms. The minimum absolute atomic E-state index is 0.169. The van der Waals surface area contributed by atoms with Crippen LogP contribution in [0.5, 0.6) is 0 Å². The van der Waals surface area contributed by atoms with Crippen LogP contribution in [-0.4, -0.2) is 5.54 Å². The fourth-order valence-electron chi connectivity index (χ4n) is 1.80. The smallest absolute Gasteiger partial charge is 0.0728 e. The summed E-state index contributed by atoms with van der Waals surface area (Å²) in [7, 11) is 0. The molecule has 1 aliphatic heterocycles. The first-order valence-electron chi connectivity index (χ1n) is 5.49. The van der Waals surface area contributed by atoms with Crippen molar-refractivity contribution in [3.05, 3.63) is 34.9 Å². The number of ether oxygens (including phenoxy) is 1. The van der Waals surface area contributed by atoms with E-state index >= 15 is 0 Å². The van der Waals surface area contributed by atoms with Gasteiger partial charge in [0.25, 0.3) is 0 Å². The van der Waals surface area contributed by atoms with Crippen LogP contribution in [0.2, 0.25) is 0 Å². The molecule has 1 heterocycles. The highest BCUT2D eigenvalue weighted by Gasteiger charge is 2.16. The molecule has 1 aromatic rings. The Bertz CT molecular complexity index is 352. The molecular weight excluding hydrogens is 186 g/mol. The van der Waals surface area contributed by atoms with E-state index in [1.54, 1.807) is 0 Å². The fraction of sp³-hybridized carbons (Fsp3) is 0.538. The van der Waals surface area contributed by atoms with Gasteiger partial charge in [0.2, 0.25) is 0 Å². The quantitative estimate of drug-likeness (QED) is 0.801. The van der Waals surface area contributed by atoms with Crippen LogP contribution < -0.4 is 5.32 Å². The fourth-order valence-corrected chi connectivity index (χ4v) is 1.80. The summed E-state index contributed by atoms with van der Waals surface area (Å²) in [6, 6.07) is 6.46. The van der Waals surface area contributed by atoms with Crippen LogP contribution in [0.3, 0.4) is 0 Å². The van der Waals surface area contributed by atoms with E-state index in [-0.39, 0.29) is 5.54 Å². The van der Waals surface area contributed by atoms with Crippen LogP contribution in [0.15, 0.2) is 18.2 Å². The predicted molar refractivity (Wildman–Crippen MR) is 61.5 cm³/mol. The Balaban J connectivity index is 2.12. The van der Waals surface area contributed by atoms with Gasteiger partial charge in [-0.2, -0.15) is 0 Å². The summed E-state index contributed by atoms with van der Waals surface area (Å²) in [5.74, 6) is 0. The molecule has 0 aliphatic carbocycles. The molecule has 0 unspecified atom stereocenters. The third-order valence-corrected chi connectivity index (χ3v) is 2.68. The van der Waals surface area contributed by atoms with Crippen molar-refractivity contribution in [3.8, 4) is 0 Å². The van der Waals surface area contributed by atoms with Crippen molar-refractivity contribution in [1.29, 1.82) is 0 Å². The topological polar surface area (TPSA) is 21.3 Å². The van der Waals surface area contributed by atoms with Crippen LogP contribution >= 0.6 is 0 Å². The van der Waals surface area contributed by atoms with Gasteiger partial charge < -0.3 is 10.1 Å². The highest BCUT2D eigenvalue weighted by atomic mass is 16.5. The summed E-state index contributed by atoms with van der Waals surface area (Å²) in [4.78, 5) is 0. The predicted octanol–water partition coefficient (Wildman–Crippen LogP) is 2.60. The SMILES string of the molecule is CC(C)(C)NCc1cccc2c1COC2. The molecule has 0 radical (unpaired) electrons. The molecule has 1 N–H and O–H groups in total. The Morgan fingerprint density at radius 2 is 2.07 bits per heavy atom. The van der Waals surface area contributed by atoms with Gasteiger partial charge >= 0.3 is 0 Å². The van der Waals surface area contributed by atoms with Crippen molar-refractivity contribution in [2.24, 2.45) is 0 Å². The number of nitrogens with one attached hydrogen (secondary N) is 1. The van der Waals surface area contributed by atoms with Gasteiger partial charge in [0.1, 0.15) is 0 Å². The number of hydrogen-bond acceptors (Lipinski definition) is 2. The first-order valence-corrected chi connectivity index (χ1v) is 5.49. The number of fused-ring (bicyclic) bond motifs is 1. The summed E-state index contributed by atoms with van der Waals surface area (Å²) < 4.78 is 5.46. The Morgan fingerprint density at radius 3 is 2.80 bits per heavy atom. The molecule has 0 amide bonds. The second-order valence-electron chi connectivity index (χ2n) is 5.15. The van der Waals surface area contributed by atoms with E-state index < -0.39 is 0 Å². The minimum Gasteiger partial charge on any atom is -0.372 e. The molecule has 0 spiro atoms. The molecular formula is C13H19NO. The summed E-state index contributed by atoms with van der Waals surface area (Å²) in [5.41, 5.74) is 4.28. The molecule has 0 atom stereocenters. The van der Waals surface area contributed by atoms with Gasteiger partial charge in [-0.15, -0.1) is 0 Å². The zero-order chi connectivity index (χ0) is 10.9. The summed E-state index contributed by atoms with van der Waals surface area (Å²) in [6.07, 6.45) is 0. The maximum Gasteiger partial charge on any atom is 0.0728 e. The Hall–Kier alpha value is -0.860. The van der Waals surface area contributed by atoms with E-state index in [0.717, 1.165) is 19.8 Å². The maximum atomic E-state index is 5.46. The summed E-state index contributed by atoms with van der Waals surface area (Å²) in [5, 5.41) is 3.51. The van der Waals surface area contributed by atoms with Gasteiger partial charge in [-0.3, -0.25) is 0 Å². The lowest BCUT2D eigenvalue weighted by Gasteiger charge is -2.21. The average molecular weight is 205 g/mol. The van der Waals surface area contributed by atoms with E-state index in [1.807, 2.05) is 0 Å². The van der Waals surface area contributed by atoms with Crippen molar-refractivity contribution in [2.45, 2.75) is 46.1 Å². The third-order valence-electron chi connectivity index (χ3n) is 2.68. The number of benzene rings is 1. The second kappa shape index (κ2) is 3.95. The van der Waals surface area contributed by atoms with Gasteiger partial charge in [0.05, 0.1) is 13.2 Å². The largest absolute Gasteiger partial charge is 0.372 e. The van der Waals surface area contributed by atoms with E-state index in [0.29, 0.717) is 0 Å². The van der Waals surface area contributed by atoms with Crippen LogP contribution in [0.4, 0.5) is 0 Å². The summed E-state index contributed by atoms with van der Waals surface area (Å²) in [6.45, 7) is 9.04. The lowest BCUT2D eigenvalue weighted by atomic mass is 10.0. The second-order valence-corrected chi connectivity index (χ2v) is 5.15. The van der Waals surface area contributed by atoms with Crippen LogP contribution in [0.25, 0.3) is 0 Å². The molecule has 0 aromatic heterocycles. The van der Waals surface area contributed by atoms with E-state index in [9.17, 15) is 0 Å². The maximum absolute atomic E-state index is 5.46. The molecule has 2 nitrogen and oxygen atoms in total. The third kappa shape index (κ3) is 2.58. The molecule has 0 fully saturated rings. The van der Waals surface area contributed by atoms with Gasteiger partial charge in [0, 0.05) is 12.1 Å². The molecule has 2 heteroatoms. The van der Waals surface area contributed by atoms with Gasteiger partial charge in [-0.1, -0.05) is 18.2 Å². The lowest BCUT2D eigenvalue weighted by Crippen LogP contribution is -2.35. The van der Waals surface area contributed by atoms with Gasteiger partial charge in [-0.05, 0) is 37.5 Å². The molecule has 1 aliphatic rings. The normalized spacial score (nSPS) is 15.4. The van der Waals surface area contributed by atoms with E-state index in [1.165, 1.54) is 16.7 Å². The Morgan fingerprint density at radius 1 is 1.27 bits per heavy atom. The van der Waals surface area contributed by atoms with E-state index in [2.05, 4.69) is 44.3 Å². The van der Waals surface area contributed by atoms with Crippen LogP contribution in [-0.2, 0) is 24.5 Å². The minimum atomic E-state index is 0.169. The molecule has 2 rings (SSSR count). The molecule has 1 aromatic carbocycles. The zero-order valence-corrected chi connectivity index (χ0v) is 9.76.